The van der Waals surface area contributed by atoms with Gasteiger partial charge in [-0.05, 0) is 42.2 Å². The zero-order valence-electron chi connectivity index (χ0n) is 18.2. The molecule has 0 saturated heterocycles. The molecule has 0 aliphatic heterocycles. The summed E-state index contributed by atoms with van der Waals surface area (Å²) in [4.78, 5) is 38.4. The van der Waals surface area contributed by atoms with Crippen LogP contribution < -0.4 is 20.1 Å². The molecule has 0 spiro atoms. The van der Waals surface area contributed by atoms with Gasteiger partial charge in [0.1, 0.15) is 17.0 Å². The van der Waals surface area contributed by atoms with Crippen molar-refractivity contribution >= 4 is 35.2 Å². The van der Waals surface area contributed by atoms with Gasteiger partial charge in [0.15, 0.2) is 5.78 Å². The van der Waals surface area contributed by atoms with Gasteiger partial charge in [-0.3, -0.25) is 19.0 Å². The fourth-order valence-corrected chi connectivity index (χ4v) is 4.10. The first kappa shape index (κ1) is 23.3. The van der Waals surface area contributed by atoms with Gasteiger partial charge in [0.25, 0.3) is 5.56 Å². The number of benzene rings is 2. The summed E-state index contributed by atoms with van der Waals surface area (Å²) in [5.74, 6) is -0.640. The van der Waals surface area contributed by atoms with Gasteiger partial charge in [-0.25, -0.2) is 4.39 Å². The van der Waals surface area contributed by atoms with Crippen LogP contribution in [0.2, 0.25) is 0 Å². The average molecular weight is 453 g/mol. The van der Waals surface area contributed by atoms with E-state index in [4.69, 9.17) is 0 Å². The minimum Gasteiger partial charge on any atom is -0.354 e. The third-order valence-corrected chi connectivity index (χ3v) is 5.84. The highest BCUT2D eigenvalue weighted by Gasteiger charge is 2.12. The molecule has 1 N–H and O–H groups in total. The predicted octanol–water partition coefficient (Wildman–Crippen LogP) is 2.62. The number of hydrogen-bond acceptors (Lipinski definition) is 4. The SMILES string of the molecule is Cc1ccccc1C(=O)C=c1sc(=Cc2ccc(F)cc2)c(=O)n1CC(=O)NCC(C)C. The lowest BCUT2D eigenvalue weighted by Gasteiger charge is -2.08. The molecular formula is C25H25FN2O3S. The van der Waals surface area contributed by atoms with Gasteiger partial charge >= 0.3 is 0 Å². The first-order valence-electron chi connectivity index (χ1n) is 10.3. The van der Waals surface area contributed by atoms with Crippen molar-refractivity contribution in [3.8, 4) is 0 Å². The van der Waals surface area contributed by atoms with E-state index in [0.29, 0.717) is 26.9 Å². The van der Waals surface area contributed by atoms with Crippen LogP contribution in [-0.2, 0) is 11.3 Å². The Morgan fingerprint density at radius 3 is 2.47 bits per heavy atom. The van der Waals surface area contributed by atoms with Crippen LogP contribution in [-0.4, -0.2) is 22.8 Å². The molecule has 1 amide bonds. The minimum atomic E-state index is -0.372. The number of hydrogen-bond donors (Lipinski definition) is 1. The second-order valence-corrected chi connectivity index (χ2v) is 8.98. The van der Waals surface area contributed by atoms with Crippen molar-refractivity contribution in [2.75, 3.05) is 6.54 Å². The van der Waals surface area contributed by atoms with Crippen LogP contribution in [0.5, 0.6) is 0 Å². The molecule has 0 saturated carbocycles. The first-order valence-corrected chi connectivity index (χ1v) is 11.1. The van der Waals surface area contributed by atoms with Gasteiger partial charge in [0.05, 0.1) is 4.53 Å². The molecule has 0 aliphatic rings. The number of nitrogens with zero attached hydrogens (tertiary/aromatic N) is 1. The van der Waals surface area contributed by atoms with Crippen molar-refractivity contribution < 1.29 is 14.0 Å². The number of ketones is 1. The average Bonchev–Trinajstić information content (AvgIpc) is 3.03. The Labute approximate surface area is 189 Å². The number of aryl methyl sites for hydroxylation is 1. The molecule has 0 fully saturated rings. The van der Waals surface area contributed by atoms with Crippen LogP contribution in [0.4, 0.5) is 4.39 Å². The molecule has 0 aliphatic carbocycles. The van der Waals surface area contributed by atoms with E-state index in [9.17, 15) is 18.8 Å². The highest BCUT2D eigenvalue weighted by atomic mass is 32.1. The van der Waals surface area contributed by atoms with Gasteiger partial charge in [0.2, 0.25) is 5.91 Å². The molecule has 0 atom stereocenters. The fourth-order valence-electron chi connectivity index (χ4n) is 3.06. The van der Waals surface area contributed by atoms with Crippen molar-refractivity contribution in [3.63, 3.8) is 0 Å². The molecule has 2 aromatic carbocycles. The summed E-state index contributed by atoms with van der Waals surface area (Å²) in [5, 5.41) is 2.80. The Hall–Kier alpha value is -3.32. The summed E-state index contributed by atoms with van der Waals surface area (Å²) in [6.07, 6.45) is 3.02. The van der Waals surface area contributed by atoms with E-state index in [-0.39, 0.29) is 35.5 Å². The molecule has 7 heteroatoms. The second-order valence-electron chi connectivity index (χ2n) is 7.91. The lowest BCUT2D eigenvalue weighted by atomic mass is 10.1. The number of nitrogens with one attached hydrogen (secondary N) is 1. The molecule has 3 rings (SSSR count). The maximum absolute atomic E-state index is 13.2. The largest absolute Gasteiger partial charge is 0.354 e. The van der Waals surface area contributed by atoms with Gasteiger partial charge in [-0.2, -0.15) is 0 Å². The molecule has 1 heterocycles. The summed E-state index contributed by atoms with van der Waals surface area (Å²) in [6.45, 7) is 6.11. The van der Waals surface area contributed by atoms with Crippen LogP contribution in [0.15, 0.2) is 53.3 Å². The normalized spacial score (nSPS) is 12.4. The zero-order chi connectivity index (χ0) is 23.3. The third-order valence-electron chi connectivity index (χ3n) is 4.78. The Morgan fingerprint density at radius 1 is 1.12 bits per heavy atom. The number of amides is 1. The van der Waals surface area contributed by atoms with Gasteiger partial charge < -0.3 is 5.32 Å². The van der Waals surface area contributed by atoms with Crippen molar-refractivity contribution in [2.24, 2.45) is 5.92 Å². The van der Waals surface area contributed by atoms with Crippen LogP contribution in [0.3, 0.4) is 0 Å². The molecule has 166 valence electrons. The number of halogens is 1. The Balaban J connectivity index is 2.08. The molecule has 32 heavy (non-hydrogen) atoms. The minimum absolute atomic E-state index is 0.188. The quantitative estimate of drug-likeness (QED) is 0.561. The predicted molar refractivity (Wildman–Crippen MR) is 126 cm³/mol. The lowest BCUT2D eigenvalue weighted by Crippen LogP contribution is -2.39. The number of carbonyl (C=O) groups is 2. The maximum Gasteiger partial charge on any atom is 0.269 e. The molecule has 5 nitrogen and oxygen atoms in total. The standard InChI is InChI=1S/C25H25FN2O3S/c1-16(2)14-27-23(30)15-28-24(13-21(29)20-7-5-4-6-17(20)3)32-22(25(28)31)12-18-8-10-19(26)11-9-18/h4-13,16H,14-15H2,1-3H3,(H,27,30). The van der Waals surface area contributed by atoms with Crippen LogP contribution >= 0.6 is 11.3 Å². The highest BCUT2D eigenvalue weighted by molar-refractivity contribution is 7.07. The van der Waals surface area contributed by atoms with E-state index >= 15 is 0 Å². The Kier molecular flexibility index (Phi) is 7.53. The van der Waals surface area contributed by atoms with E-state index in [1.54, 1.807) is 30.3 Å². The molecule has 3 aromatic rings. The number of thiazole rings is 1. The van der Waals surface area contributed by atoms with Crippen LogP contribution in [0, 0.1) is 18.7 Å². The van der Waals surface area contributed by atoms with E-state index < -0.39 is 0 Å². The van der Waals surface area contributed by atoms with Gasteiger partial charge in [0, 0.05) is 18.2 Å². The van der Waals surface area contributed by atoms with Gasteiger partial charge in [-0.1, -0.05) is 50.2 Å². The highest BCUT2D eigenvalue weighted by Crippen LogP contribution is 2.08. The molecule has 1 aromatic heterocycles. The molecule has 0 bridgehead atoms. The van der Waals surface area contributed by atoms with E-state index in [2.05, 4.69) is 5.32 Å². The summed E-state index contributed by atoms with van der Waals surface area (Å²) in [5.41, 5.74) is 1.64. The van der Waals surface area contributed by atoms with E-state index in [0.717, 1.165) is 16.9 Å². The molecule has 0 unspecified atom stereocenters. The summed E-state index contributed by atoms with van der Waals surface area (Å²) < 4.78 is 15.3. The van der Waals surface area contributed by atoms with Crippen molar-refractivity contribution in [1.29, 1.82) is 0 Å². The van der Waals surface area contributed by atoms with Crippen LogP contribution in [0.25, 0.3) is 12.2 Å². The summed E-state index contributed by atoms with van der Waals surface area (Å²) in [7, 11) is 0. The van der Waals surface area contributed by atoms with Crippen molar-refractivity contribution in [2.45, 2.75) is 27.3 Å². The van der Waals surface area contributed by atoms with Crippen molar-refractivity contribution in [3.05, 3.63) is 90.6 Å². The number of carbonyl (C=O) groups excluding carboxylic acids is 2. The number of aromatic nitrogens is 1. The third kappa shape index (κ3) is 5.88. The number of Topliss-reactive ketones (excluding diaryl/α,β-unsaturated/α-hetero) is 1. The molecular weight excluding hydrogens is 427 g/mol. The summed E-state index contributed by atoms with van der Waals surface area (Å²) >= 11 is 1.13. The topological polar surface area (TPSA) is 68.2 Å². The van der Waals surface area contributed by atoms with E-state index in [1.165, 1.54) is 22.8 Å². The lowest BCUT2D eigenvalue weighted by molar-refractivity contribution is -0.121. The van der Waals surface area contributed by atoms with Gasteiger partial charge in [-0.15, -0.1) is 11.3 Å². The second kappa shape index (κ2) is 10.3. The first-order chi connectivity index (χ1) is 15.2. The number of rotatable bonds is 7. The smallest absolute Gasteiger partial charge is 0.269 e. The fraction of sp³-hybridized carbons (Fsp3) is 0.240. The van der Waals surface area contributed by atoms with Crippen molar-refractivity contribution in [1.82, 2.24) is 9.88 Å². The Bertz CT molecular complexity index is 1300. The van der Waals surface area contributed by atoms with Crippen LogP contribution in [0.1, 0.15) is 35.3 Å². The Morgan fingerprint density at radius 2 is 1.81 bits per heavy atom. The van der Waals surface area contributed by atoms with E-state index in [1.807, 2.05) is 32.9 Å². The maximum atomic E-state index is 13.2. The zero-order valence-corrected chi connectivity index (χ0v) is 19.0. The molecule has 0 radical (unpaired) electrons. The monoisotopic (exact) mass is 452 g/mol. The summed E-state index contributed by atoms with van der Waals surface area (Å²) in [6, 6.07) is 13.0.